The first kappa shape index (κ1) is 16.8. The van der Waals surface area contributed by atoms with Crippen LogP contribution >= 0.6 is 27.5 Å². The van der Waals surface area contributed by atoms with Gasteiger partial charge >= 0.3 is 0 Å². The van der Waals surface area contributed by atoms with Gasteiger partial charge < -0.3 is 10.1 Å². The van der Waals surface area contributed by atoms with E-state index >= 15 is 0 Å². The molecule has 0 aliphatic heterocycles. The predicted octanol–water partition coefficient (Wildman–Crippen LogP) is 4.99. The van der Waals surface area contributed by atoms with E-state index in [0.717, 1.165) is 16.5 Å². The second-order valence-electron chi connectivity index (χ2n) is 4.84. The first-order valence-corrected chi connectivity index (χ1v) is 8.12. The number of carbonyl (C=O) groups excluding carboxylic acids is 1. The Bertz CT molecular complexity index is 675. The molecule has 1 N–H and O–H groups in total. The predicted molar refractivity (Wildman–Crippen MR) is 92.6 cm³/mol. The van der Waals surface area contributed by atoms with E-state index < -0.39 is 0 Å². The lowest BCUT2D eigenvalue weighted by Crippen LogP contribution is -2.28. The van der Waals surface area contributed by atoms with E-state index in [4.69, 9.17) is 16.3 Å². The Morgan fingerprint density at radius 2 is 2.09 bits per heavy atom. The number of nitrogens with one attached hydrogen (secondary N) is 1. The van der Waals surface area contributed by atoms with Crippen LogP contribution in [0.5, 0.6) is 5.75 Å². The molecule has 0 spiro atoms. The van der Waals surface area contributed by atoms with Gasteiger partial charge in [-0.3, -0.25) is 4.79 Å². The number of carbonyl (C=O) groups is 1. The van der Waals surface area contributed by atoms with Gasteiger partial charge in [0.1, 0.15) is 5.75 Å². The van der Waals surface area contributed by atoms with Gasteiger partial charge in [0.25, 0.3) is 5.91 Å². The number of benzene rings is 2. The molecule has 2 rings (SSSR count). The van der Waals surface area contributed by atoms with E-state index in [-0.39, 0.29) is 11.9 Å². The minimum Gasteiger partial charge on any atom is -0.497 e. The SMILES string of the molecule is CCC(NC(=O)c1cc(OC)ccc1Br)c1cccc(Cl)c1. The van der Waals surface area contributed by atoms with Crippen molar-refractivity contribution >= 4 is 33.4 Å². The number of amides is 1. The third kappa shape index (κ3) is 4.02. The van der Waals surface area contributed by atoms with Crippen molar-refractivity contribution in [2.75, 3.05) is 7.11 Å². The van der Waals surface area contributed by atoms with Crippen molar-refractivity contribution < 1.29 is 9.53 Å². The number of hydrogen-bond donors (Lipinski definition) is 1. The second-order valence-corrected chi connectivity index (χ2v) is 6.13. The molecule has 1 atom stereocenters. The van der Waals surface area contributed by atoms with E-state index in [0.29, 0.717) is 16.3 Å². The second kappa shape index (κ2) is 7.65. The van der Waals surface area contributed by atoms with Crippen molar-refractivity contribution in [3.8, 4) is 5.75 Å². The lowest BCUT2D eigenvalue weighted by atomic mass is 10.0. The van der Waals surface area contributed by atoms with Gasteiger partial charge in [0, 0.05) is 9.50 Å². The number of rotatable bonds is 5. The molecular formula is C17H17BrClNO2. The van der Waals surface area contributed by atoms with Crippen molar-refractivity contribution in [1.29, 1.82) is 0 Å². The highest BCUT2D eigenvalue weighted by molar-refractivity contribution is 9.10. The molecule has 0 aromatic heterocycles. The third-order valence-corrected chi connectivity index (χ3v) is 4.31. The summed E-state index contributed by atoms with van der Waals surface area (Å²) in [6.45, 7) is 2.02. The van der Waals surface area contributed by atoms with Crippen LogP contribution in [0.3, 0.4) is 0 Å². The molecule has 0 heterocycles. The molecule has 0 saturated heterocycles. The summed E-state index contributed by atoms with van der Waals surface area (Å²) in [5.74, 6) is 0.488. The highest BCUT2D eigenvalue weighted by Crippen LogP contribution is 2.25. The van der Waals surface area contributed by atoms with E-state index in [9.17, 15) is 4.79 Å². The minimum absolute atomic E-state index is 0.0932. The average Bonchev–Trinajstić information content (AvgIpc) is 2.52. The lowest BCUT2D eigenvalue weighted by molar-refractivity contribution is 0.0934. The van der Waals surface area contributed by atoms with Gasteiger partial charge in [-0.25, -0.2) is 0 Å². The summed E-state index contributed by atoms with van der Waals surface area (Å²) >= 11 is 9.43. The first-order chi connectivity index (χ1) is 10.5. The number of methoxy groups -OCH3 is 1. The van der Waals surface area contributed by atoms with E-state index in [1.54, 1.807) is 25.3 Å². The van der Waals surface area contributed by atoms with E-state index in [1.165, 1.54) is 0 Å². The fraction of sp³-hybridized carbons (Fsp3) is 0.235. The summed E-state index contributed by atoms with van der Waals surface area (Å²) in [7, 11) is 1.58. The van der Waals surface area contributed by atoms with Crippen LogP contribution in [0.4, 0.5) is 0 Å². The smallest absolute Gasteiger partial charge is 0.253 e. The molecule has 0 aliphatic rings. The maximum atomic E-state index is 12.5. The molecule has 1 unspecified atom stereocenters. The van der Waals surface area contributed by atoms with E-state index in [1.807, 2.05) is 31.2 Å². The topological polar surface area (TPSA) is 38.3 Å². The van der Waals surface area contributed by atoms with Crippen molar-refractivity contribution in [3.63, 3.8) is 0 Å². The standard InChI is InChI=1S/C17H17BrClNO2/c1-3-16(11-5-4-6-12(19)9-11)20-17(21)14-10-13(22-2)7-8-15(14)18/h4-10,16H,3H2,1-2H3,(H,20,21). The Balaban J connectivity index is 2.23. The van der Waals surface area contributed by atoms with Gasteiger partial charge in [0.05, 0.1) is 18.7 Å². The van der Waals surface area contributed by atoms with E-state index in [2.05, 4.69) is 21.2 Å². The maximum Gasteiger partial charge on any atom is 0.253 e. The summed E-state index contributed by atoms with van der Waals surface area (Å²) in [6, 6.07) is 12.8. The third-order valence-electron chi connectivity index (χ3n) is 3.38. The highest BCUT2D eigenvalue weighted by atomic mass is 79.9. The molecule has 116 valence electrons. The molecule has 1 amide bonds. The van der Waals surface area contributed by atoms with Gasteiger partial charge in [0.15, 0.2) is 0 Å². The van der Waals surface area contributed by atoms with Crippen molar-refractivity contribution in [2.24, 2.45) is 0 Å². The number of halogens is 2. The quantitative estimate of drug-likeness (QED) is 0.791. The zero-order valence-electron chi connectivity index (χ0n) is 12.4. The van der Waals surface area contributed by atoms with Crippen molar-refractivity contribution in [3.05, 3.63) is 63.1 Å². The monoisotopic (exact) mass is 381 g/mol. The van der Waals surface area contributed by atoms with Gasteiger partial charge in [-0.1, -0.05) is 30.7 Å². The summed E-state index contributed by atoms with van der Waals surface area (Å²) in [5.41, 5.74) is 1.53. The van der Waals surface area contributed by atoms with Crippen molar-refractivity contribution in [1.82, 2.24) is 5.32 Å². The van der Waals surface area contributed by atoms with Crippen LogP contribution in [0.1, 0.15) is 35.3 Å². The zero-order chi connectivity index (χ0) is 16.1. The molecule has 5 heteroatoms. The van der Waals surface area contributed by atoms with Crippen LogP contribution in [0, 0.1) is 0 Å². The van der Waals surface area contributed by atoms with Crippen LogP contribution in [-0.2, 0) is 0 Å². The summed E-state index contributed by atoms with van der Waals surface area (Å²) < 4.78 is 5.90. The molecule has 2 aromatic carbocycles. The maximum absolute atomic E-state index is 12.5. The number of hydrogen-bond acceptors (Lipinski definition) is 2. The molecule has 0 bridgehead atoms. The molecule has 0 radical (unpaired) electrons. The molecule has 0 saturated carbocycles. The molecular weight excluding hydrogens is 366 g/mol. The molecule has 22 heavy (non-hydrogen) atoms. The van der Waals surface area contributed by atoms with Crippen LogP contribution in [0.2, 0.25) is 5.02 Å². The minimum atomic E-state index is -0.155. The molecule has 0 fully saturated rings. The van der Waals surface area contributed by atoms with Gasteiger partial charge in [-0.2, -0.15) is 0 Å². The number of ether oxygens (including phenoxy) is 1. The summed E-state index contributed by atoms with van der Waals surface area (Å²) in [6.07, 6.45) is 0.771. The largest absolute Gasteiger partial charge is 0.497 e. The Hall–Kier alpha value is -1.52. The lowest BCUT2D eigenvalue weighted by Gasteiger charge is -2.18. The fourth-order valence-electron chi connectivity index (χ4n) is 2.19. The normalized spacial score (nSPS) is 11.8. The Morgan fingerprint density at radius 1 is 1.32 bits per heavy atom. The Morgan fingerprint density at radius 3 is 2.73 bits per heavy atom. The van der Waals surface area contributed by atoms with Crippen LogP contribution < -0.4 is 10.1 Å². The van der Waals surface area contributed by atoms with Crippen LogP contribution in [0.15, 0.2) is 46.9 Å². The molecule has 2 aromatic rings. The van der Waals surface area contributed by atoms with Crippen molar-refractivity contribution in [2.45, 2.75) is 19.4 Å². The first-order valence-electron chi connectivity index (χ1n) is 6.95. The summed E-state index contributed by atoms with van der Waals surface area (Å²) in [5, 5.41) is 3.70. The van der Waals surface area contributed by atoms with Gasteiger partial charge in [-0.15, -0.1) is 0 Å². The van der Waals surface area contributed by atoms with Gasteiger partial charge in [0.2, 0.25) is 0 Å². The average molecular weight is 383 g/mol. The van der Waals surface area contributed by atoms with Crippen LogP contribution in [-0.4, -0.2) is 13.0 Å². The molecule has 3 nitrogen and oxygen atoms in total. The Labute approximate surface area is 143 Å². The van der Waals surface area contributed by atoms with Gasteiger partial charge in [-0.05, 0) is 58.2 Å². The van der Waals surface area contributed by atoms with Crippen LogP contribution in [0.25, 0.3) is 0 Å². The molecule has 0 aliphatic carbocycles. The zero-order valence-corrected chi connectivity index (χ0v) is 14.7. The highest BCUT2D eigenvalue weighted by Gasteiger charge is 2.17. The Kier molecular flexibility index (Phi) is 5.86. The fourth-order valence-corrected chi connectivity index (χ4v) is 2.81. The summed E-state index contributed by atoms with van der Waals surface area (Å²) in [4.78, 5) is 12.5.